The Balaban J connectivity index is 2.08. The first kappa shape index (κ1) is 11.3. The van der Waals surface area contributed by atoms with E-state index in [1.54, 1.807) is 13.8 Å². The predicted octanol–water partition coefficient (Wildman–Crippen LogP) is 0.408. The number of hydrogen-bond acceptors (Lipinski definition) is 5. The van der Waals surface area contributed by atoms with Crippen molar-refractivity contribution in [2.45, 2.75) is 25.6 Å². The Morgan fingerprint density at radius 1 is 1.54 bits per heavy atom. The third-order valence-corrected chi connectivity index (χ3v) is 2.14. The van der Waals surface area contributed by atoms with Crippen molar-refractivity contribution in [3.8, 4) is 0 Å². The van der Waals surface area contributed by atoms with Crippen LogP contribution in [0, 0.1) is 0 Å². The van der Waals surface area contributed by atoms with Gasteiger partial charge in [0.15, 0.2) is 0 Å². The molecule has 1 atom stereocenters. The molecule has 5 nitrogen and oxygen atoms in total. The summed E-state index contributed by atoms with van der Waals surface area (Å²) in [6.45, 7) is 5.10. The zero-order chi connectivity index (χ0) is 9.90. The Morgan fingerprint density at radius 2 is 2.15 bits per heavy atom. The lowest BCUT2D eigenvalue weighted by molar-refractivity contribution is -0.0134. The van der Waals surface area contributed by atoms with Crippen molar-refractivity contribution in [1.82, 2.24) is 0 Å². The number of rotatable bonds is 6. The summed E-state index contributed by atoms with van der Waals surface area (Å²) >= 11 is 0. The van der Waals surface area contributed by atoms with Crippen molar-refractivity contribution in [3.05, 3.63) is 0 Å². The van der Waals surface area contributed by atoms with Gasteiger partial charge < -0.3 is 23.8 Å². The van der Waals surface area contributed by atoms with Crippen LogP contribution in [0.15, 0.2) is 0 Å². The Hall–Kier alpha value is 0.230. The molecule has 1 fully saturated rings. The molecule has 0 aromatic heterocycles. The zero-order valence-corrected chi connectivity index (χ0v) is 8.66. The highest BCUT2D eigenvalue weighted by molar-refractivity contribution is 7.39. The summed E-state index contributed by atoms with van der Waals surface area (Å²) in [5.41, 5.74) is -0.663. The fourth-order valence-electron chi connectivity index (χ4n) is 0.848. The van der Waals surface area contributed by atoms with Crippen LogP contribution in [0.1, 0.15) is 13.8 Å². The van der Waals surface area contributed by atoms with Crippen LogP contribution in [0.3, 0.4) is 0 Å². The Morgan fingerprint density at radius 3 is 2.62 bits per heavy atom. The molecule has 1 saturated heterocycles. The Labute approximate surface area is 78.6 Å². The smallest absolute Gasteiger partial charge is 0.327 e. The molecule has 1 aliphatic heterocycles. The molecule has 0 aromatic carbocycles. The maximum atomic E-state index is 8.63. The van der Waals surface area contributed by atoms with E-state index in [9.17, 15) is 0 Å². The van der Waals surface area contributed by atoms with E-state index in [0.29, 0.717) is 13.2 Å². The average molecular weight is 210 g/mol. The standard InChI is InChI=1S/C7H15O5P/c1-7(2,12-13(8)9)5-10-3-6-4-11-6/h6,8-9H,3-5H2,1-2H3. The summed E-state index contributed by atoms with van der Waals surface area (Å²) in [4.78, 5) is 17.3. The van der Waals surface area contributed by atoms with Crippen LogP contribution in [0.4, 0.5) is 0 Å². The van der Waals surface area contributed by atoms with Gasteiger partial charge in [-0.2, -0.15) is 0 Å². The van der Waals surface area contributed by atoms with Crippen LogP contribution >= 0.6 is 8.60 Å². The molecule has 0 saturated carbocycles. The van der Waals surface area contributed by atoms with E-state index < -0.39 is 14.2 Å². The highest BCUT2D eigenvalue weighted by Gasteiger charge is 2.26. The molecule has 78 valence electrons. The molecule has 1 aliphatic rings. The molecule has 0 spiro atoms. The Kier molecular flexibility index (Phi) is 4.04. The van der Waals surface area contributed by atoms with Crippen molar-refractivity contribution >= 4 is 8.60 Å². The number of ether oxygens (including phenoxy) is 2. The minimum atomic E-state index is -2.32. The fourth-order valence-corrected chi connectivity index (χ4v) is 1.34. The zero-order valence-electron chi connectivity index (χ0n) is 7.77. The summed E-state index contributed by atoms with van der Waals surface area (Å²) in [6.07, 6.45) is 0.223. The Bertz CT molecular complexity index is 157. The second-order valence-electron chi connectivity index (χ2n) is 3.57. The second kappa shape index (κ2) is 4.64. The van der Waals surface area contributed by atoms with E-state index in [-0.39, 0.29) is 6.10 Å². The predicted molar refractivity (Wildman–Crippen MR) is 47.1 cm³/mol. The third-order valence-electron chi connectivity index (χ3n) is 1.48. The first-order valence-corrected chi connectivity index (χ1v) is 5.22. The number of epoxide rings is 1. The molecule has 0 aliphatic carbocycles. The minimum Gasteiger partial charge on any atom is -0.376 e. The molecule has 0 aromatic rings. The summed E-state index contributed by atoms with van der Waals surface area (Å²) in [6, 6.07) is 0. The molecule has 1 heterocycles. The molecule has 1 rings (SSSR count). The summed E-state index contributed by atoms with van der Waals surface area (Å²) in [7, 11) is -2.32. The number of hydrogen-bond donors (Lipinski definition) is 2. The van der Waals surface area contributed by atoms with Crippen LogP contribution in [0.5, 0.6) is 0 Å². The van der Waals surface area contributed by atoms with E-state index >= 15 is 0 Å². The lowest BCUT2D eigenvalue weighted by Crippen LogP contribution is -2.29. The maximum absolute atomic E-state index is 8.63. The van der Waals surface area contributed by atoms with Gasteiger partial charge in [-0.3, -0.25) is 0 Å². The van der Waals surface area contributed by atoms with E-state index in [1.165, 1.54) is 0 Å². The van der Waals surface area contributed by atoms with Crippen LogP contribution < -0.4 is 0 Å². The molecule has 0 radical (unpaired) electrons. The van der Waals surface area contributed by atoms with Gasteiger partial charge in [-0.25, -0.2) is 0 Å². The summed E-state index contributed by atoms with van der Waals surface area (Å²) < 4.78 is 15.1. The molecule has 0 amide bonds. The normalized spacial score (nSPS) is 22.4. The minimum absolute atomic E-state index is 0.223. The van der Waals surface area contributed by atoms with Crippen LogP contribution in [-0.2, 0) is 14.0 Å². The topological polar surface area (TPSA) is 71.5 Å². The SMILES string of the molecule is CC(C)(COCC1CO1)OP(O)O. The van der Waals surface area contributed by atoms with Crippen molar-refractivity contribution < 1.29 is 23.8 Å². The molecule has 6 heteroatoms. The van der Waals surface area contributed by atoms with Gasteiger partial charge in [0.25, 0.3) is 0 Å². The van der Waals surface area contributed by atoms with Gasteiger partial charge in [0, 0.05) is 0 Å². The van der Waals surface area contributed by atoms with Gasteiger partial charge in [0.05, 0.1) is 25.4 Å². The van der Waals surface area contributed by atoms with Gasteiger partial charge in [0.2, 0.25) is 0 Å². The monoisotopic (exact) mass is 210 g/mol. The van der Waals surface area contributed by atoms with E-state index in [4.69, 9.17) is 23.8 Å². The van der Waals surface area contributed by atoms with Gasteiger partial charge in [0.1, 0.15) is 6.10 Å². The second-order valence-corrected chi connectivity index (χ2v) is 4.26. The first-order chi connectivity index (χ1) is 5.99. The first-order valence-electron chi connectivity index (χ1n) is 4.06. The molecular weight excluding hydrogens is 195 g/mol. The molecule has 13 heavy (non-hydrogen) atoms. The molecule has 1 unspecified atom stereocenters. The average Bonchev–Trinajstić information content (AvgIpc) is 2.67. The van der Waals surface area contributed by atoms with Crippen molar-refractivity contribution in [2.24, 2.45) is 0 Å². The molecule has 0 bridgehead atoms. The van der Waals surface area contributed by atoms with Gasteiger partial charge in [-0.15, -0.1) is 0 Å². The highest BCUT2D eigenvalue weighted by atomic mass is 31.2. The summed E-state index contributed by atoms with van der Waals surface area (Å²) in [5.74, 6) is 0. The fraction of sp³-hybridized carbons (Fsp3) is 1.00. The summed E-state index contributed by atoms with van der Waals surface area (Å²) in [5, 5.41) is 0. The van der Waals surface area contributed by atoms with Crippen molar-refractivity contribution in [2.75, 3.05) is 19.8 Å². The van der Waals surface area contributed by atoms with Crippen LogP contribution in [-0.4, -0.2) is 41.3 Å². The third kappa shape index (κ3) is 5.52. The van der Waals surface area contributed by atoms with E-state index in [0.717, 1.165) is 6.61 Å². The molecule has 2 N–H and O–H groups in total. The van der Waals surface area contributed by atoms with Gasteiger partial charge >= 0.3 is 8.60 Å². The molecular formula is C7H15O5P. The van der Waals surface area contributed by atoms with E-state index in [1.807, 2.05) is 0 Å². The van der Waals surface area contributed by atoms with Crippen LogP contribution in [0.25, 0.3) is 0 Å². The van der Waals surface area contributed by atoms with Gasteiger partial charge in [-0.1, -0.05) is 0 Å². The van der Waals surface area contributed by atoms with Crippen molar-refractivity contribution in [3.63, 3.8) is 0 Å². The lowest BCUT2D eigenvalue weighted by Gasteiger charge is -2.24. The highest BCUT2D eigenvalue weighted by Crippen LogP contribution is 2.32. The van der Waals surface area contributed by atoms with Gasteiger partial charge in [-0.05, 0) is 13.8 Å². The van der Waals surface area contributed by atoms with Crippen LogP contribution in [0.2, 0.25) is 0 Å². The van der Waals surface area contributed by atoms with Crippen molar-refractivity contribution in [1.29, 1.82) is 0 Å². The maximum Gasteiger partial charge on any atom is 0.327 e. The van der Waals surface area contributed by atoms with E-state index in [2.05, 4.69) is 0 Å². The quantitative estimate of drug-likeness (QED) is 0.490. The largest absolute Gasteiger partial charge is 0.376 e. The lowest BCUT2D eigenvalue weighted by atomic mass is 10.2.